The van der Waals surface area contributed by atoms with Crippen molar-refractivity contribution in [3.05, 3.63) is 46.2 Å². The van der Waals surface area contributed by atoms with Gasteiger partial charge in [-0.05, 0) is 29.1 Å². The van der Waals surface area contributed by atoms with E-state index in [-0.39, 0.29) is 37.6 Å². The third kappa shape index (κ3) is 5.89. The van der Waals surface area contributed by atoms with Crippen LogP contribution in [0.25, 0.3) is 0 Å². The van der Waals surface area contributed by atoms with E-state index in [1.54, 1.807) is 32.7 Å². The van der Waals surface area contributed by atoms with Crippen molar-refractivity contribution in [3.63, 3.8) is 0 Å². The minimum Gasteiger partial charge on any atom is -0.493 e. The molecule has 2 heterocycles. The minimum atomic E-state index is -0.337. The fraction of sp³-hybridized carbons (Fsp3) is 0.435. The number of hydrogen-bond acceptors (Lipinski definition) is 8. The van der Waals surface area contributed by atoms with Crippen molar-refractivity contribution in [1.29, 1.82) is 0 Å². The molecule has 0 saturated heterocycles. The number of benzene rings is 1. The molecular formula is C23H29N3O6S. The van der Waals surface area contributed by atoms with Crippen molar-refractivity contribution in [2.45, 2.75) is 12.5 Å². The molecule has 0 saturated carbocycles. The van der Waals surface area contributed by atoms with Crippen LogP contribution in [0.2, 0.25) is 0 Å². The van der Waals surface area contributed by atoms with Gasteiger partial charge in [-0.1, -0.05) is 12.1 Å². The second kappa shape index (κ2) is 11.8. The fourth-order valence-electron chi connectivity index (χ4n) is 3.60. The Morgan fingerprint density at radius 2 is 1.91 bits per heavy atom. The van der Waals surface area contributed by atoms with E-state index in [0.717, 1.165) is 16.2 Å². The van der Waals surface area contributed by atoms with Crippen molar-refractivity contribution in [1.82, 2.24) is 9.91 Å². The minimum absolute atomic E-state index is 0.111. The maximum atomic E-state index is 13.4. The molecule has 0 spiro atoms. The predicted octanol–water partition coefficient (Wildman–Crippen LogP) is 2.56. The Labute approximate surface area is 197 Å². The van der Waals surface area contributed by atoms with Gasteiger partial charge in [0.25, 0.3) is 5.91 Å². The molecule has 2 aromatic rings. The molecule has 2 amide bonds. The lowest BCUT2D eigenvalue weighted by Gasteiger charge is -2.27. The summed E-state index contributed by atoms with van der Waals surface area (Å²) in [5, 5.41) is 8.11. The molecule has 1 atom stereocenters. The lowest BCUT2D eigenvalue weighted by molar-refractivity contribution is -0.144. The molecule has 0 fully saturated rings. The molecule has 1 aliphatic rings. The molecule has 0 aliphatic carbocycles. The number of thiophene rings is 1. The second-order valence-corrected chi connectivity index (χ2v) is 8.29. The first-order valence-electron chi connectivity index (χ1n) is 10.4. The second-order valence-electron chi connectivity index (χ2n) is 7.34. The Bertz CT molecular complexity index is 979. The van der Waals surface area contributed by atoms with Gasteiger partial charge in [0.15, 0.2) is 11.5 Å². The Balaban J connectivity index is 1.90. The number of amides is 2. The maximum absolute atomic E-state index is 13.4. The van der Waals surface area contributed by atoms with Crippen LogP contribution in [0.3, 0.4) is 0 Å². The molecule has 33 heavy (non-hydrogen) atoms. The molecule has 3 rings (SSSR count). The number of rotatable bonds is 11. The van der Waals surface area contributed by atoms with Gasteiger partial charge < -0.3 is 23.8 Å². The first-order chi connectivity index (χ1) is 16.0. The van der Waals surface area contributed by atoms with Crippen molar-refractivity contribution >= 4 is 28.9 Å². The Hall–Kier alpha value is -2.95. The summed E-state index contributed by atoms with van der Waals surface area (Å²) in [6, 6.07) is 9.17. The SMILES string of the molecule is COCCN(CC(=O)N1N=C(c2cccs2)C[C@@H]1c1ccc(OC)c(OC)c1)C(=O)COC. The summed E-state index contributed by atoms with van der Waals surface area (Å²) in [6.07, 6.45) is 0.547. The van der Waals surface area contributed by atoms with Gasteiger partial charge in [-0.15, -0.1) is 11.3 Å². The molecule has 178 valence electrons. The number of carbonyl (C=O) groups is 2. The quantitative estimate of drug-likeness (QED) is 0.496. The topological polar surface area (TPSA) is 89.9 Å². The van der Waals surface area contributed by atoms with Crippen molar-refractivity contribution in [3.8, 4) is 11.5 Å². The standard InChI is InChI=1S/C23H29N3O6S/c1-29-10-9-25(23(28)15-30-2)14-22(27)26-18(13-17(24-26)21-6-5-11-33-21)16-7-8-19(31-3)20(12-16)32-4/h5-8,11-12,18H,9-10,13-15H2,1-4H3/t18-/m1/s1. The maximum Gasteiger partial charge on any atom is 0.262 e. The van der Waals surface area contributed by atoms with Crippen molar-refractivity contribution in [2.75, 3.05) is 54.7 Å². The number of carbonyl (C=O) groups excluding carboxylic acids is 2. The van der Waals surface area contributed by atoms with E-state index in [2.05, 4.69) is 5.10 Å². The van der Waals surface area contributed by atoms with Crippen LogP contribution in [0.4, 0.5) is 0 Å². The molecule has 10 heteroatoms. The summed E-state index contributed by atoms with van der Waals surface area (Å²) in [5.74, 6) is 0.602. The number of nitrogens with zero attached hydrogens (tertiary/aromatic N) is 3. The number of ether oxygens (including phenoxy) is 4. The summed E-state index contributed by atoms with van der Waals surface area (Å²) < 4.78 is 20.9. The first kappa shape index (κ1) is 24.7. The average Bonchev–Trinajstić information content (AvgIpc) is 3.51. The summed E-state index contributed by atoms with van der Waals surface area (Å²) in [4.78, 5) is 28.3. The summed E-state index contributed by atoms with van der Waals surface area (Å²) >= 11 is 1.57. The van der Waals surface area contributed by atoms with Gasteiger partial charge in [-0.3, -0.25) is 9.59 Å². The van der Waals surface area contributed by atoms with Gasteiger partial charge in [-0.25, -0.2) is 5.01 Å². The number of methoxy groups -OCH3 is 4. The highest BCUT2D eigenvalue weighted by atomic mass is 32.1. The van der Waals surface area contributed by atoms with Crippen LogP contribution in [0, 0.1) is 0 Å². The van der Waals surface area contributed by atoms with Gasteiger partial charge in [0.1, 0.15) is 13.2 Å². The van der Waals surface area contributed by atoms with E-state index < -0.39 is 0 Å². The van der Waals surface area contributed by atoms with Crippen LogP contribution in [-0.2, 0) is 19.1 Å². The largest absolute Gasteiger partial charge is 0.493 e. The molecule has 9 nitrogen and oxygen atoms in total. The fourth-order valence-corrected chi connectivity index (χ4v) is 4.32. The summed E-state index contributed by atoms with van der Waals surface area (Å²) in [7, 11) is 6.14. The molecule has 0 unspecified atom stereocenters. The molecule has 1 aromatic heterocycles. The van der Waals surface area contributed by atoms with Crippen LogP contribution >= 0.6 is 11.3 Å². The third-order valence-electron chi connectivity index (χ3n) is 5.28. The molecule has 0 bridgehead atoms. The smallest absolute Gasteiger partial charge is 0.262 e. The van der Waals surface area contributed by atoms with Crippen LogP contribution in [0.1, 0.15) is 22.9 Å². The molecule has 0 radical (unpaired) electrons. The van der Waals surface area contributed by atoms with Gasteiger partial charge in [0, 0.05) is 27.2 Å². The molecule has 0 N–H and O–H groups in total. The molecular weight excluding hydrogens is 446 g/mol. The van der Waals surface area contributed by atoms with Crippen LogP contribution in [0.5, 0.6) is 11.5 Å². The number of hydrogen-bond donors (Lipinski definition) is 0. The van der Waals surface area contributed by atoms with Gasteiger partial charge in [0.2, 0.25) is 5.91 Å². The van der Waals surface area contributed by atoms with Crippen LogP contribution in [-0.4, -0.2) is 82.2 Å². The van der Waals surface area contributed by atoms with Crippen molar-refractivity contribution < 1.29 is 28.5 Å². The number of hydrazone groups is 1. The van der Waals surface area contributed by atoms with Crippen molar-refractivity contribution in [2.24, 2.45) is 5.10 Å². The zero-order valence-electron chi connectivity index (χ0n) is 19.3. The summed E-state index contributed by atoms with van der Waals surface area (Å²) in [6.45, 7) is 0.350. The molecule has 1 aliphatic heterocycles. The zero-order chi connectivity index (χ0) is 23.8. The summed E-state index contributed by atoms with van der Waals surface area (Å²) in [5.41, 5.74) is 1.69. The first-order valence-corrected chi connectivity index (χ1v) is 11.3. The van der Waals surface area contributed by atoms with Gasteiger partial charge >= 0.3 is 0 Å². The Morgan fingerprint density at radius 1 is 1.12 bits per heavy atom. The normalized spacial score (nSPS) is 15.3. The van der Waals surface area contributed by atoms with E-state index in [4.69, 9.17) is 18.9 Å². The predicted molar refractivity (Wildman–Crippen MR) is 125 cm³/mol. The third-order valence-corrected chi connectivity index (χ3v) is 6.19. The molecule has 1 aromatic carbocycles. The van der Waals surface area contributed by atoms with Crippen LogP contribution in [0.15, 0.2) is 40.8 Å². The van der Waals surface area contributed by atoms with E-state index in [1.807, 2.05) is 35.7 Å². The van der Waals surface area contributed by atoms with Crippen LogP contribution < -0.4 is 9.47 Å². The monoisotopic (exact) mass is 475 g/mol. The van der Waals surface area contributed by atoms with E-state index in [9.17, 15) is 9.59 Å². The van der Waals surface area contributed by atoms with E-state index in [0.29, 0.717) is 24.5 Å². The highest BCUT2D eigenvalue weighted by Crippen LogP contribution is 2.37. The Morgan fingerprint density at radius 3 is 2.55 bits per heavy atom. The highest BCUT2D eigenvalue weighted by Gasteiger charge is 2.35. The van der Waals surface area contributed by atoms with Gasteiger partial charge in [0.05, 0.1) is 37.5 Å². The zero-order valence-corrected chi connectivity index (χ0v) is 20.1. The average molecular weight is 476 g/mol. The van der Waals surface area contributed by atoms with E-state index in [1.165, 1.54) is 17.0 Å². The van der Waals surface area contributed by atoms with E-state index >= 15 is 0 Å². The lowest BCUT2D eigenvalue weighted by Crippen LogP contribution is -2.44. The lowest BCUT2D eigenvalue weighted by atomic mass is 10.0. The van der Waals surface area contributed by atoms with Gasteiger partial charge in [-0.2, -0.15) is 5.10 Å². The Kier molecular flexibility index (Phi) is 8.81. The highest BCUT2D eigenvalue weighted by molar-refractivity contribution is 7.12.